The minimum Gasteiger partial charge on any atom is -0.508 e. The summed E-state index contributed by atoms with van der Waals surface area (Å²) in [6, 6.07) is -3.11. The van der Waals surface area contributed by atoms with E-state index in [-0.39, 0.29) is 94.7 Å². The quantitative estimate of drug-likeness (QED) is 0.0245. The van der Waals surface area contributed by atoms with Crippen molar-refractivity contribution in [3.63, 3.8) is 0 Å². The number of aromatic hydroxyl groups is 1. The number of likely N-dealkylation sites (N-methyl/N-ethyl adjacent to an activating group) is 1. The maximum Gasteiger partial charge on any atom is 0.245 e. The number of nitrogens with one attached hydrogen (secondary N) is 9. The molecule has 0 aromatic heterocycles. The number of methoxy groups -OCH3 is 1. The van der Waals surface area contributed by atoms with Crippen LogP contribution in [0.5, 0.6) is 5.75 Å². The molecule has 0 aliphatic heterocycles. The van der Waals surface area contributed by atoms with E-state index in [0.717, 1.165) is 25.7 Å². The lowest BCUT2D eigenvalue weighted by Crippen LogP contribution is -2.60. The van der Waals surface area contributed by atoms with Gasteiger partial charge in [0.05, 0.1) is 13.2 Å². The summed E-state index contributed by atoms with van der Waals surface area (Å²) in [4.78, 5) is 140. The van der Waals surface area contributed by atoms with E-state index in [1.54, 1.807) is 0 Å². The molecule has 1 rings (SSSR count). The summed E-state index contributed by atoms with van der Waals surface area (Å²) in [6.45, 7) is 5.77. The molecule has 1 aromatic rings. The minimum atomic E-state index is -1.54. The van der Waals surface area contributed by atoms with E-state index in [4.69, 9.17) is 33.4 Å². The predicted octanol–water partition coefficient (Wildman–Crippen LogP) is 0.941. The number of primary amides is 1. The second-order valence-electron chi connectivity index (χ2n) is 22.8. The van der Waals surface area contributed by atoms with Crippen LogP contribution in [0.3, 0.4) is 0 Å². The lowest BCUT2D eigenvalue weighted by Gasteiger charge is -2.28. The fourth-order valence-electron chi connectivity index (χ4n) is 9.62. The van der Waals surface area contributed by atoms with Gasteiger partial charge in [-0.25, -0.2) is 0 Å². The molecule has 10 amide bonds. The third-order valence-corrected chi connectivity index (χ3v) is 14.6. The molecule has 88 heavy (non-hydrogen) atoms. The molecule has 0 unspecified atom stereocenters. The Morgan fingerprint density at radius 2 is 0.943 bits per heavy atom. The van der Waals surface area contributed by atoms with Gasteiger partial charge in [0, 0.05) is 40.0 Å². The van der Waals surface area contributed by atoms with Crippen LogP contribution < -0.4 is 76.5 Å². The number of rotatable bonds is 51. The maximum atomic E-state index is 14.4. The lowest BCUT2D eigenvalue weighted by atomic mass is 10.0. The summed E-state index contributed by atoms with van der Waals surface area (Å²) in [6.07, 6.45) is 16.5. The first-order valence-electron chi connectivity index (χ1n) is 31.7. The van der Waals surface area contributed by atoms with Crippen molar-refractivity contribution in [1.29, 1.82) is 0 Å². The zero-order valence-electron chi connectivity index (χ0n) is 53.1. The summed E-state index contributed by atoms with van der Waals surface area (Å²) >= 11 is 0. The Balaban J connectivity index is 3.32. The van der Waals surface area contributed by atoms with E-state index in [9.17, 15) is 53.1 Å². The van der Waals surface area contributed by atoms with E-state index in [0.29, 0.717) is 44.1 Å². The number of carbonyl (C=O) groups is 10. The summed E-state index contributed by atoms with van der Waals surface area (Å²) in [7, 11) is 2.78. The first-order valence-corrected chi connectivity index (χ1v) is 31.7. The van der Waals surface area contributed by atoms with Crippen molar-refractivity contribution in [1.82, 2.24) is 47.9 Å². The summed E-state index contributed by atoms with van der Waals surface area (Å²) in [5.74, 6) is -7.55. The molecule has 0 saturated carbocycles. The van der Waals surface area contributed by atoms with Crippen LogP contribution in [-0.2, 0) is 59.1 Å². The maximum absolute atomic E-state index is 14.4. The Morgan fingerprint density at radius 1 is 0.500 bits per heavy atom. The number of phenolic OH excluding ortho intramolecular Hbond substituents is 1. The van der Waals surface area contributed by atoms with Gasteiger partial charge in [-0.15, -0.1) is 0 Å². The largest absolute Gasteiger partial charge is 0.508 e. The van der Waals surface area contributed by atoms with Crippen LogP contribution in [0.15, 0.2) is 29.3 Å². The van der Waals surface area contributed by atoms with E-state index in [1.165, 1.54) is 89.8 Å². The molecule has 0 bridgehead atoms. The number of nitrogens with two attached hydrogens (primary N) is 5. The molecule has 500 valence electrons. The topological polar surface area (TPSA) is 451 Å². The Kier molecular flexibility index (Phi) is 42.9. The van der Waals surface area contributed by atoms with Gasteiger partial charge in [0.15, 0.2) is 5.96 Å². The van der Waals surface area contributed by atoms with Crippen molar-refractivity contribution in [2.75, 3.05) is 46.9 Å². The van der Waals surface area contributed by atoms with Gasteiger partial charge in [-0.2, -0.15) is 0 Å². The highest BCUT2D eigenvalue weighted by atomic mass is 16.5. The number of nitrogens with zero attached hydrogens (tertiary/aromatic N) is 1. The Labute approximate surface area is 521 Å². The number of guanidine groups is 1. The molecular weight excluding hydrogens is 1130 g/mol. The molecule has 27 nitrogen and oxygen atoms in total. The molecule has 0 heterocycles. The molecule has 0 radical (unpaired) electrons. The summed E-state index contributed by atoms with van der Waals surface area (Å²) < 4.78 is 5.20. The Hall–Kier alpha value is -7.13. The van der Waals surface area contributed by atoms with Gasteiger partial charge in [0.25, 0.3) is 0 Å². The second-order valence-corrected chi connectivity index (χ2v) is 22.8. The van der Waals surface area contributed by atoms with Crippen LogP contribution in [0.1, 0.15) is 187 Å². The first-order chi connectivity index (χ1) is 42.1. The molecule has 0 fully saturated rings. The molecule has 27 heteroatoms. The molecule has 0 saturated heterocycles. The second kappa shape index (κ2) is 47.9. The predicted molar refractivity (Wildman–Crippen MR) is 338 cm³/mol. The third kappa shape index (κ3) is 36.9. The van der Waals surface area contributed by atoms with Crippen LogP contribution in [0, 0.1) is 5.92 Å². The molecule has 1 aromatic carbocycles. The number of benzene rings is 1. The molecule has 0 spiro atoms. The number of hydrogen-bond acceptors (Lipinski definition) is 15. The molecular formula is C61H109N15O12. The molecule has 20 N–H and O–H groups in total. The van der Waals surface area contributed by atoms with Gasteiger partial charge in [-0.3, -0.25) is 52.9 Å². The fraction of sp³-hybridized carbons (Fsp3) is 0.721. The van der Waals surface area contributed by atoms with Crippen molar-refractivity contribution in [3.8, 4) is 5.75 Å². The van der Waals surface area contributed by atoms with E-state index < -0.39 is 108 Å². The van der Waals surface area contributed by atoms with E-state index in [1.807, 2.05) is 13.8 Å². The molecule has 7 atom stereocenters. The van der Waals surface area contributed by atoms with Crippen LogP contribution >= 0.6 is 0 Å². The van der Waals surface area contributed by atoms with Crippen LogP contribution in [0.2, 0.25) is 0 Å². The number of phenols is 1. The Bertz CT molecular complexity index is 2270. The van der Waals surface area contributed by atoms with Gasteiger partial charge in [0.1, 0.15) is 48.0 Å². The highest BCUT2D eigenvalue weighted by Crippen LogP contribution is 2.16. The minimum absolute atomic E-state index is 0.00446. The van der Waals surface area contributed by atoms with Gasteiger partial charge in [0.2, 0.25) is 59.1 Å². The van der Waals surface area contributed by atoms with E-state index >= 15 is 0 Å². The van der Waals surface area contributed by atoms with Gasteiger partial charge >= 0.3 is 0 Å². The zero-order valence-corrected chi connectivity index (χ0v) is 53.1. The summed E-state index contributed by atoms with van der Waals surface area (Å²) in [5, 5.41) is 33.7. The lowest BCUT2D eigenvalue weighted by molar-refractivity contribution is -0.136. The van der Waals surface area contributed by atoms with Gasteiger partial charge < -0.3 is 86.4 Å². The highest BCUT2D eigenvalue weighted by molar-refractivity contribution is 5.98. The van der Waals surface area contributed by atoms with Gasteiger partial charge in [-0.05, 0) is 107 Å². The number of carbonyl (C=O) groups excluding carboxylic acids is 10. The number of amides is 10. The first kappa shape index (κ1) is 78.9. The van der Waals surface area contributed by atoms with E-state index in [2.05, 4.69) is 59.8 Å². The van der Waals surface area contributed by atoms with Crippen molar-refractivity contribution < 1.29 is 57.8 Å². The zero-order chi connectivity index (χ0) is 65.7. The number of hydrogen-bond donors (Lipinski definition) is 15. The normalized spacial score (nSPS) is 13.5. The SMILES string of the molecule is CCCCCCCCCCCCCCCC(=O)N[C@@H](COC)C(=O)NCC(=O)N[C@@H](Cc1ccc(O)cc1)C(=O)N[C@@H](CCC(N)=O)C(=O)N[C@@H](CCCCN)C(=O)N[C@@H](CCCCN)C(=O)N[C@@H](CC(C)C)C(=O)N[C@@H](CCCN=C(N)N)C(=O)NC. The standard InChI is InChI=1S/C61H109N15O12/c1-6-7-8-9-10-11-12-13-14-15-16-17-18-27-52(79)71-50(40-88-5)55(82)69-39-53(80)70-49(38-42-28-30-43(77)31-29-42)60(87)75-47(32-33-51(64)78)58(85)74-45(24-19-21-34-62)56(83)73-46(25-20-22-35-63)57(84)76-48(37-41(2)3)59(86)72-44(54(81)67-4)26-23-36-68-61(65)66/h28-31,41,44-50,77H,6-27,32-40,62-63H2,1-5H3,(H2,64,78)(H,67,81)(H,69,82)(H,70,80)(H,71,79)(H,72,86)(H,73,83)(H,74,85)(H,75,87)(H,76,84)(H4,65,66,68)/t44-,45-,46-,47-,48-,49-,50-/m0/s1. The smallest absolute Gasteiger partial charge is 0.245 e. The average molecular weight is 1240 g/mol. The monoisotopic (exact) mass is 1240 g/mol. The van der Waals surface area contributed by atoms with Crippen LogP contribution in [0.4, 0.5) is 0 Å². The van der Waals surface area contributed by atoms with Crippen LogP contribution in [-0.4, -0.2) is 159 Å². The molecule has 0 aliphatic carbocycles. The summed E-state index contributed by atoms with van der Waals surface area (Å²) in [5.41, 5.74) is 28.5. The van der Waals surface area contributed by atoms with Crippen molar-refractivity contribution in [3.05, 3.63) is 29.8 Å². The van der Waals surface area contributed by atoms with Crippen LogP contribution in [0.25, 0.3) is 0 Å². The van der Waals surface area contributed by atoms with Crippen molar-refractivity contribution >= 4 is 65.0 Å². The highest BCUT2D eigenvalue weighted by Gasteiger charge is 2.34. The Morgan fingerprint density at radius 3 is 1.41 bits per heavy atom. The number of aliphatic imine (C=N–C) groups is 1. The van der Waals surface area contributed by atoms with Crippen molar-refractivity contribution in [2.45, 2.75) is 230 Å². The number of unbranched alkanes of at least 4 members (excludes halogenated alkanes) is 14. The fourth-order valence-corrected chi connectivity index (χ4v) is 9.62. The number of ether oxygens (including phenoxy) is 1. The van der Waals surface area contributed by atoms with Gasteiger partial charge in [-0.1, -0.05) is 110 Å². The third-order valence-electron chi connectivity index (χ3n) is 14.6. The molecule has 0 aliphatic rings. The van der Waals surface area contributed by atoms with Crippen molar-refractivity contribution in [2.24, 2.45) is 39.6 Å². The average Bonchev–Trinajstić information content (AvgIpc) is 3.49.